The van der Waals surface area contributed by atoms with E-state index in [9.17, 15) is 13.2 Å². The molecule has 0 saturated carbocycles. The standard InChI is InChI=1S/C24H24N4O4S2/c1-5-32-24(29)20-15(3)16(4)33-23(20)27-21-22(26-19-12-7-6-11-18(19)25-21)28-34(30,31)17-10-8-9-14(2)13-17/h6-13H,5H2,1-4H3,(H,25,27)(H,26,28). The van der Waals surface area contributed by atoms with Gasteiger partial charge in [-0.05, 0) is 63.1 Å². The molecule has 34 heavy (non-hydrogen) atoms. The summed E-state index contributed by atoms with van der Waals surface area (Å²) < 4.78 is 34.1. The van der Waals surface area contributed by atoms with Gasteiger partial charge in [-0.15, -0.1) is 11.3 Å². The minimum atomic E-state index is -3.94. The fourth-order valence-corrected chi connectivity index (χ4v) is 5.56. The number of carbonyl (C=O) groups is 1. The van der Waals surface area contributed by atoms with Crippen LogP contribution in [0.25, 0.3) is 11.0 Å². The number of benzene rings is 2. The Hall–Kier alpha value is -3.50. The first-order valence-corrected chi connectivity index (χ1v) is 12.9. The number of sulfonamides is 1. The number of fused-ring (bicyclic) bond motifs is 1. The second-order valence-corrected chi connectivity index (χ2v) is 10.6. The Kier molecular flexibility index (Phi) is 6.54. The lowest BCUT2D eigenvalue weighted by molar-refractivity contribution is 0.0527. The minimum Gasteiger partial charge on any atom is -0.462 e. The molecule has 0 aliphatic heterocycles. The summed E-state index contributed by atoms with van der Waals surface area (Å²) in [7, 11) is -3.94. The molecule has 2 heterocycles. The van der Waals surface area contributed by atoms with Gasteiger partial charge in [0.2, 0.25) is 0 Å². The first-order valence-electron chi connectivity index (χ1n) is 10.6. The van der Waals surface area contributed by atoms with Crippen LogP contribution < -0.4 is 10.0 Å². The monoisotopic (exact) mass is 496 g/mol. The van der Waals surface area contributed by atoms with Crippen molar-refractivity contribution in [2.75, 3.05) is 16.6 Å². The van der Waals surface area contributed by atoms with Gasteiger partial charge in [0.25, 0.3) is 10.0 Å². The van der Waals surface area contributed by atoms with E-state index in [0.29, 0.717) is 21.6 Å². The number of aromatic nitrogens is 2. The molecule has 2 aromatic heterocycles. The summed E-state index contributed by atoms with van der Waals surface area (Å²) in [5.74, 6) is -0.247. The Balaban J connectivity index is 1.82. The molecular weight excluding hydrogens is 472 g/mol. The van der Waals surface area contributed by atoms with Crippen LogP contribution in [0.15, 0.2) is 53.4 Å². The number of carbonyl (C=O) groups excluding carboxylic acids is 1. The van der Waals surface area contributed by atoms with Gasteiger partial charge in [0.15, 0.2) is 11.6 Å². The molecule has 4 aromatic rings. The second-order valence-electron chi connectivity index (χ2n) is 7.66. The Morgan fingerprint density at radius 1 is 1.00 bits per heavy atom. The quantitative estimate of drug-likeness (QED) is 0.332. The van der Waals surface area contributed by atoms with Crippen molar-refractivity contribution in [3.8, 4) is 0 Å². The van der Waals surface area contributed by atoms with E-state index in [1.54, 1.807) is 37.3 Å². The fourth-order valence-electron chi connectivity index (χ4n) is 3.40. The predicted octanol–water partition coefficient (Wildman–Crippen LogP) is 5.34. The summed E-state index contributed by atoms with van der Waals surface area (Å²) in [6, 6.07) is 13.7. The number of nitrogens with one attached hydrogen (secondary N) is 2. The third-order valence-corrected chi connectivity index (χ3v) is 7.66. The van der Waals surface area contributed by atoms with Crippen LogP contribution in [0.3, 0.4) is 0 Å². The second kappa shape index (κ2) is 9.40. The molecule has 10 heteroatoms. The van der Waals surface area contributed by atoms with E-state index in [0.717, 1.165) is 16.0 Å². The van der Waals surface area contributed by atoms with E-state index < -0.39 is 16.0 Å². The molecule has 0 aliphatic rings. The van der Waals surface area contributed by atoms with E-state index in [1.165, 1.54) is 17.4 Å². The Bertz CT molecular complexity index is 1500. The summed E-state index contributed by atoms with van der Waals surface area (Å²) in [6.45, 7) is 7.55. The maximum Gasteiger partial charge on any atom is 0.341 e. The zero-order valence-electron chi connectivity index (χ0n) is 19.2. The first kappa shape index (κ1) is 23.7. The molecule has 0 atom stereocenters. The molecule has 0 radical (unpaired) electrons. The Morgan fingerprint density at radius 2 is 1.68 bits per heavy atom. The van der Waals surface area contributed by atoms with E-state index >= 15 is 0 Å². The maximum atomic E-state index is 13.1. The van der Waals surface area contributed by atoms with Gasteiger partial charge < -0.3 is 10.1 Å². The van der Waals surface area contributed by atoms with Gasteiger partial charge in [0.1, 0.15) is 5.00 Å². The fraction of sp³-hybridized carbons (Fsp3) is 0.208. The van der Waals surface area contributed by atoms with Crippen molar-refractivity contribution >= 4 is 55.0 Å². The molecule has 176 valence electrons. The van der Waals surface area contributed by atoms with Gasteiger partial charge in [-0.25, -0.2) is 23.2 Å². The van der Waals surface area contributed by atoms with Crippen LogP contribution in [-0.4, -0.2) is 31.0 Å². The number of esters is 1. The molecule has 0 bridgehead atoms. The molecule has 0 spiro atoms. The van der Waals surface area contributed by atoms with Crippen molar-refractivity contribution in [2.45, 2.75) is 32.6 Å². The van der Waals surface area contributed by atoms with Crippen LogP contribution >= 0.6 is 11.3 Å². The van der Waals surface area contributed by atoms with Crippen molar-refractivity contribution in [1.29, 1.82) is 0 Å². The number of hydrogen-bond donors (Lipinski definition) is 2. The average molecular weight is 497 g/mol. The third kappa shape index (κ3) is 4.73. The molecule has 0 unspecified atom stereocenters. The highest BCUT2D eigenvalue weighted by Gasteiger charge is 2.24. The van der Waals surface area contributed by atoms with Crippen molar-refractivity contribution in [1.82, 2.24) is 9.97 Å². The van der Waals surface area contributed by atoms with Crippen molar-refractivity contribution in [2.24, 2.45) is 0 Å². The summed E-state index contributed by atoms with van der Waals surface area (Å²) in [5, 5.41) is 3.65. The largest absolute Gasteiger partial charge is 0.462 e. The number of thiophene rings is 1. The first-order chi connectivity index (χ1) is 16.2. The van der Waals surface area contributed by atoms with E-state index in [1.807, 2.05) is 32.9 Å². The molecule has 0 aliphatic carbocycles. The van der Waals surface area contributed by atoms with Gasteiger partial charge in [0, 0.05) is 4.88 Å². The molecule has 8 nitrogen and oxygen atoms in total. The number of nitrogens with zero attached hydrogens (tertiary/aromatic N) is 2. The molecule has 0 fully saturated rings. The van der Waals surface area contributed by atoms with Crippen LogP contribution in [0.5, 0.6) is 0 Å². The lowest BCUT2D eigenvalue weighted by atomic mass is 10.1. The lowest BCUT2D eigenvalue weighted by Crippen LogP contribution is -2.16. The number of hydrogen-bond acceptors (Lipinski definition) is 8. The summed E-state index contributed by atoms with van der Waals surface area (Å²) >= 11 is 1.36. The normalized spacial score (nSPS) is 11.4. The van der Waals surface area contributed by atoms with Gasteiger partial charge in [0.05, 0.1) is 28.1 Å². The van der Waals surface area contributed by atoms with Crippen LogP contribution in [0.4, 0.5) is 16.6 Å². The molecule has 2 aromatic carbocycles. The number of anilines is 3. The van der Waals surface area contributed by atoms with E-state index in [-0.39, 0.29) is 23.1 Å². The zero-order valence-corrected chi connectivity index (χ0v) is 20.8. The van der Waals surface area contributed by atoms with Gasteiger partial charge in [-0.3, -0.25) is 4.72 Å². The van der Waals surface area contributed by atoms with E-state index in [4.69, 9.17) is 4.74 Å². The van der Waals surface area contributed by atoms with E-state index in [2.05, 4.69) is 20.0 Å². The lowest BCUT2D eigenvalue weighted by Gasteiger charge is -2.14. The summed E-state index contributed by atoms with van der Waals surface area (Å²) in [5.41, 5.74) is 3.10. The zero-order chi connectivity index (χ0) is 24.5. The van der Waals surface area contributed by atoms with Crippen LogP contribution in [0, 0.1) is 20.8 Å². The number of ether oxygens (including phenoxy) is 1. The molecule has 0 amide bonds. The Morgan fingerprint density at radius 3 is 2.32 bits per heavy atom. The maximum absolute atomic E-state index is 13.1. The topological polar surface area (TPSA) is 110 Å². The van der Waals surface area contributed by atoms with Crippen LogP contribution in [-0.2, 0) is 14.8 Å². The smallest absolute Gasteiger partial charge is 0.341 e. The highest BCUT2D eigenvalue weighted by Crippen LogP contribution is 2.37. The number of rotatable bonds is 7. The predicted molar refractivity (Wildman–Crippen MR) is 135 cm³/mol. The SMILES string of the molecule is CCOC(=O)c1c(Nc2nc3ccccc3nc2NS(=O)(=O)c2cccc(C)c2)sc(C)c1C. The van der Waals surface area contributed by atoms with Crippen molar-refractivity contribution < 1.29 is 17.9 Å². The summed E-state index contributed by atoms with van der Waals surface area (Å²) in [4.78, 5) is 22.8. The van der Waals surface area contributed by atoms with Crippen molar-refractivity contribution in [3.05, 3.63) is 70.1 Å². The highest BCUT2D eigenvalue weighted by atomic mass is 32.2. The van der Waals surface area contributed by atoms with Crippen LogP contribution in [0.1, 0.15) is 33.3 Å². The minimum absolute atomic E-state index is 0.0266. The molecule has 4 rings (SSSR count). The average Bonchev–Trinajstić information content (AvgIpc) is 3.07. The molecular formula is C24H24N4O4S2. The van der Waals surface area contributed by atoms with Gasteiger partial charge in [-0.2, -0.15) is 0 Å². The number of para-hydroxylation sites is 2. The van der Waals surface area contributed by atoms with Crippen molar-refractivity contribution in [3.63, 3.8) is 0 Å². The molecule has 2 N–H and O–H groups in total. The van der Waals surface area contributed by atoms with Gasteiger partial charge >= 0.3 is 5.97 Å². The van der Waals surface area contributed by atoms with Crippen LogP contribution in [0.2, 0.25) is 0 Å². The number of aryl methyl sites for hydroxylation is 2. The molecule has 0 saturated heterocycles. The Labute approximate surface area is 202 Å². The van der Waals surface area contributed by atoms with Gasteiger partial charge in [-0.1, -0.05) is 24.3 Å². The highest BCUT2D eigenvalue weighted by molar-refractivity contribution is 7.92. The summed E-state index contributed by atoms with van der Waals surface area (Å²) in [6.07, 6.45) is 0. The third-order valence-electron chi connectivity index (χ3n) is 5.20.